The van der Waals surface area contributed by atoms with E-state index in [0.29, 0.717) is 0 Å². The Balaban J connectivity index is 0.0000117. The van der Waals surface area contributed by atoms with E-state index in [4.69, 9.17) is 75.8 Å². The Labute approximate surface area is 1000 Å². The Morgan fingerprint density at radius 3 is 0.518 bits per heavy atom. The van der Waals surface area contributed by atoms with Crippen LogP contribution in [0.3, 0.4) is 0 Å². The van der Waals surface area contributed by atoms with Gasteiger partial charge < -0.3 is 237 Å². The number of aliphatic hydroxyl groups excluding tert-OH is 16. The molecule has 30 fully saturated rings. The van der Waals surface area contributed by atoms with E-state index in [2.05, 4.69) is 0 Å². The van der Waals surface area contributed by atoms with Crippen molar-refractivity contribution in [3.8, 4) is 0 Å². The molecule has 30 saturated heterocycles. The molecule has 16 bridgehead atoms. The van der Waals surface area contributed by atoms with Crippen molar-refractivity contribution in [1.29, 1.82) is 0 Å². The van der Waals surface area contributed by atoms with Crippen molar-refractivity contribution in [2.45, 2.75) is 297 Å². The maximum absolute atomic E-state index is 12.3. The monoisotopic (exact) mass is 2210 g/mol. The molecule has 0 aromatic rings. The topological polar surface area (TPSA) is 792 Å². The summed E-state index contributed by atoms with van der Waals surface area (Å²) in [6.07, 6.45) is -88.0. The zero-order chi connectivity index (χ0) is 94.4. The second-order valence-corrected chi connectivity index (χ2v) is 41.3. The van der Waals surface area contributed by atoms with Crippen molar-refractivity contribution in [2.24, 2.45) is 0 Å². The first-order chi connectivity index (χ1) is 61.2. The number of hydrogen-bond acceptors (Lipinski definition) is 57. The van der Waals surface area contributed by atoms with Crippen molar-refractivity contribution < 1.29 is 473 Å². The van der Waals surface area contributed by atoms with Crippen LogP contribution in [0.15, 0.2) is 0 Å². The average Bonchev–Trinajstić information content (AvgIpc) is 0.767. The first kappa shape index (κ1) is 141. The normalized spacial score (nSPS) is 38.9. The number of thioether (sulfide) groups is 7. The maximum atomic E-state index is 12.3. The molecule has 0 aromatic carbocycles. The fourth-order valence-electron chi connectivity index (χ4n) is 14.7. The number of carbonyl (C=O) groups is 8. The number of aliphatic hydroxyl groups is 16. The fourth-order valence-corrected chi connectivity index (χ4v) is 23.4. The van der Waals surface area contributed by atoms with Gasteiger partial charge in [-0.1, -0.05) is 21.6 Å². The van der Waals surface area contributed by atoms with Crippen LogP contribution in [-0.2, 0) is 114 Å². The average molecular weight is 2210 g/mol. The molecule has 0 aliphatic carbocycles. The summed E-state index contributed by atoms with van der Waals surface area (Å²) in [4.78, 5) is 93.2. The van der Waals surface area contributed by atoms with Crippen LogP contribution in [0.4, 0.5) is 0 Å². The second kappa shape index (κ2) is 71.0. The number of hydrogen-bond donors (Lipinski definition) is 16. The van der Waals surface area contributed by atoms with Crippen molar-refractivity contribution in [3.63, 3.8) is 0 Å². The van der Waals surface area contributed by atoms with Gasteiger partial charge in [-0.15, -0.1) is 0 Å². The first-order valence-corrected chi connectivity index (χ1v) is 51.1. The molecule has 0 radical (unpaired) electrons. The Hall–Kier alpha value is 5.63. The van der Waals surface area contributed by atoms with Crippen LogP contribution in [0.5, 0.6) is 0 Å². The van der Waals surface area contributed by atoms with Gasteiger partial charge >= 0.3 is 236 Å². The van der Waals surface area contributed by atoms with Gasteiger partial charge in [0.25, 0.3) is 0 Å². The molecule has 742 valence electrons. The number of carboxylic acid groups (broad SMARTS) is 8. The smallest absolute Gasteiger partial charge is 0.550 e. The summed E-state index contributed by atoms with van der Waals surface area (Å²) in [5.41, 5.74) is 0. The minimum atomic E-state index is -2.36. The molecule has 30 aliphatic heterocycles. The third-order valence-electron chi connectivity index (χ3n) is 21.3. The third-order valence-corrected chi connectivity index (χ3v) is 31.0. The quantitative estimate of drug-likeness (QED) is 0.0154. The van der Waals surface area contributed by atoms with E-state index >= 15 is 0 Å². The molecule has 30 rings (SSSR count). The molecule has 0 amide bonds. The van der Waals surface area contributed by atoms with Crippen LogP contribution in [0, 0.1) is 0 Å². The number of ether oxygens (including phenoxy) is 16. The molecule has 30 aliphatic rings. The summed E-state index contributed by atoms with van der Waals surface area (Å²) in [6, 6.07) is 0. The fraction of sp³-hybridized carbons (Fsp3) is 0.889. The molecule has 65 heteroatoms. The third kappa shape index (κ3) is 42.6. The minimum Gasteiger partial charge on any atom is -0.550 e. The molecule has 137 heavy (non-hydrogen) atoms. The Morgan fingerprint density at radius 2 is 0.343 bits per heavy atom. The van der Waals surface area contributed by atoms with Gasteiger partial charge in [-0.3, -0.25) is 0 Å². The van der Waals surface area contributed by atoms with Gasteiger partial charge in [-0.2, -0.15) is 82.3 Å². The van der Waals surface area contributed by atoms with E-state index in [0.717, 1.165) is 104 Å². The van der Waals surface area contributed by atoms with Crippen molar-refractivity contribution in [2.75, 3.05) is 92.0 Å². The van der Waals surface area contributed by atoms with Gasteiger partial charge in [-0.05, 0) is 91.6 Å². The Bertz CT molecular complexity index is 3380. The predicted molar refractivity (Wildman–Crippen MR) is 428 cm³/mol. The standard InChI is InChI=1S/C72H112O48S9.8Na/c73-33(74)2-10-121-17-26-58-43(91)51(99)67(107-26)115-59-28(19-123-12-4-35(77)78)108-68(52(100)44(59)92)116-60-29(20-124-13-5-36(79)80)109-69(53(101)45(60)93)117-61-30(21-125-14-6-37(81)82)110-70(54(102)46(61)94)118-62-31(22-126-15-7-38(83)84)111-71(55(103)47(62)95)120-64-32(23-129-128-16-8-39(85)86)112-72(56(104)48(64)96)119-63-27(18-122-11-3-34(75)76)106-66(50(98)42(63)90)113-57-25(1-9-127-24-40(87)88)105-65(114-58)49(97)41(57)89;;;;;;;;/h25-32,41-72,89-104H,1-24H2,(H,73,74)(H,75,76)(H,77,78)(H,79,80)(H,81,82)(H,83,84)(H,85,86)(H,87,88);;;;;;;;/q;8*+1/p-8/t25-,26-,27-,28-,29-,30-,31-,32-,41-,42-,43-,44-,45-,46-,47-,48-,49-,50-,51-,52-,53-,54-,55-,56-,57-,58-,59-,60-,61-,62-,63-,64-,65-,66-,67-,68-,69-,70-,71-,72-;;;;;;;;/m1......../s1. The summed E-state index contributed by atoms with van der Waals surface area (Å²) >= 11 is 5.67. The molecule has 0 spiro atoms. The van der Waals surface area contributed by atoms with Crippen LogP contribution in [-0.4, -0.2) is 467 Å². The molecule has 0 saturated carbocycles. The van der Waals surface area contributed by atoms with E-state index in [1.54, 1.807) is 0 Å². The molecule has 0 unspecified atom stereocenters. The molecule has 30 heterocycles. The zero-order valence-electron chi connectivity index (χ0n) is 76.0. The molecular formula is C72H104Na8O48S9. The van der Waals surface area contributed by atoms with Crippen LogP contribution in [0.1, 0.15) is 51.4 Å². The van der Waals surface area contributed by atoms with Crippen LogP contribution < -0.4 is 277 Å². The largest absolute Gasteiger partial charge is 1.00 e. The molecule has 40 atom stereocenters. The Morgan fingerprint density at radius 1 is 0.182 bits per heavy atom. The first-order valence-electron chi connectivity index (χ1n) is 40.5. The molecule has 0 aromatic heterocycles. The summed E-state index contributed by atoms with van der Waals surface area (Å²) < 4.78 is 99.8. The van der Waals surface area contributed by atoms with Crippen LogP contribution in [0.2, 0.25) is 0 Å². The SMILES string of the molecule is O=C([O-])CCSC[C@H]1O[C@@H]2O[C@H]3[C@H](O)[C@@H](O)[C@@H](O[C@H]4[C@H](O)[C@@H](O)[C@@H](O[C@H]5[C@H](O)[C@@H](O)[C@@H](O[C@H]6[C@H](O)[C@@H](O)[C@@H](O[C@H]7[C@H](O)[C@@H](O)[C@@H](O[C@H]8[C@H](O)[C@@H](O)[C@@H](O[C@H]9[C@H](O)[C@@H](O)[C@@H](O[C@H]1[C@H](O)[C@H]2O)O[C@@H]9CCSCC(=O)[O-])O[C@@H]8CSCCC(=O)[O-])O[C@@H]7CSSCCC(=O)[O-])O[C@@H]6CSCCC(=O)[O-])O[C@@H]5CSCCC(=O)[O-])O[C@@H]4CSCCC(=O)[O-])O[C@@H]3CSCCC(=O)[O-].[Na+].[Na+].[Na+].[Na+].[Na+].[Na+].[Na+].[Na+]. The van der Waals surface area contributed by atoms with Crippen LogP contribution in [0.25, 0.3) is 0 Å². The minimum absolute atomic E-state index is 0. The summed E-state index contributed by atoms with van der Waals surface area (Å²) in [7, 11) is 1.80. The van der Waals surface area contributed by atoms with E-state index in [1.165, 1.54) is 0 Å². The van der Waals surface area contributed by atoms with Crippen molar-refractivity contribution in [3.05, 3.63) is 0 Å². The predicted octanol–water partition coefficient (Wildman–Crippen LogP) is -41.7. The summed E-state index contributed by atoms with van der Waals surface area (Å²) in [5, 5.41) is 288. The number of carbonyl (C=O) groups excluding carboxylic acids is 8. The van der Waals surface area contributed by atoms with E-state index < -0.39 is 379 Å². The van der Waals surface area contributed by atoms with Gasteiger partial charge in [0.05, 0.1) is 54.8 Å². The van der Waals surface area contributed by atoms with Gasteiger partial charge in [0, 0.05) is 93.6 Å². The van der Waals surface area contributed by atoms with Crippen molar-refractivity contribution in [1.82, 2.24) is 0 Å². The van der Waals surface area contributed by atoms with E-state index in [1.807, 2.05) is 0 Å². The molecule has 16 N–H and O–H groups in total. The molecule has 48 nitrogen and oxygen atoms in total. The Kier molecular flexibility index (Phi) is 72.9. The van der Waals surface area contributed by atoms with Crippen LogP contribution >= 0.6 is 104 Å². The molecular weight excluding hydrogens is 2110 g/mol. The second-order valence-electron chi connectivity index (χ2n) is 30.6. The number of carboxylic acids is 8. The van der Waals surface area contributed by atoms with Gasteiger partial charge in [0.15, 0.2) is 50.3 Å². The van der Waals surface area contributed by atoms with Crippen molar-refractivity contribution >= 4 is 152 Å². The number of rotatable bonds is 41. The van der Waals surface area contributed by atoms with Gasteiger partial charge in [-0.25, -0.2) is 0 Å². The zero-order valence-corrected chi connectivity index (χ0v) is 99.3. The number of aliphatic carboxylic acids is 8. The maximum Gasteiger partial charge on any atom is 1.00 e. The van der Waals surface area contributed by atoms with Gasteiger partial charge in [0.2, 0.25) is 0 Å². The summed E-state index contributed by atoms with van der Waals surface area (Å²) in [5.74, 6) is -17.5. The summed E-state index contributed by atoms with van der Waals surface area (Å²) in [6.45, 7) is 0. The van der Waals surface area contributed by atoms with Gasteiger partial charge in [0.1, 0.15) is 146 Å². The van der Waals surface area contributed by atoms with E-state index in [9.17, 15) is 161 Å². The van der Waals surface area contributed by atoms with E-state index in [-0.39, 0.29) is 295 Å².